The molecule has 1 aliphatic heterocycles. The van der Waals surface area contributed by atoms with E-state index in [1.807, 2.05) is 6.07 Å². The second-order valence-electron chi connectivity index (χ2n) is 4.71. The number of fused-ring (bicyclic) bond motifs is 2. The maximum absolute atomic E-state index is 13.4. The van der Waals surface area contributed by atoms with E-state index in [1.165, 1.54) is 12.3 Å². The molecule has 0 amide bonds. The maximum Gasteiger partial charge on any atom is 0.231 e. The smallest absolute Gasteiger partial charge is 0.231 e. The van der Waals surface area contributed by atoms with Gasteiger partial charge in [0, 0.05) is 11.8 Å². The summed E-state index contributed by atoms with van der Waals surface area (Å²) in [7, 11) is 0. The zero-order valence-electron chi connectivity index (χ0n) is 10.9. The Morgan fingerprint density at radius 3 is 2.90 bits per heavy atom. The van der Waals surface area contributed by atoms with E-state index in [0.29, 0.717) is 28.5 Å². The number of nitrogens with zero attached hydrogens (tertiary/aromatic N) is 2. The summed E-state index contributed by atoms with van der Waals surface area (Å²) in [4.78, 5) is 4.46. The third-order valence-electron chi connectivity index (χ3n) is 3.48. The topological polar surface area (TPSA) is 56.0 Å². The Morgan fingerprint density at radius 2 is 2.05 bits per heavy atom. The van der Waals surface area contributed by atoms with Crippen molar-refractivity contribution in [2.75, 3.05) is 6.79 Å². The molecule has 1 aliphatic rings. The number of halogens is 1. The van der Waals surface area contributed by atoms with E-state index >= 15 is 0 Å². The van der Waals surface area contributed by atoms with Crippen molar-refractivity contribution in [2.45, 2.75) is 6.61 Å². The van der Waals surface area contributed by atoms with Crippen molar-refractivity contribution in [2.24, 2.45) is 0 Å². The lowest BCUT2D eigenvalue weighted by Gasteiger charge is -2.03. The van der Waals surface area contributed by atoms with Crippen LogP contribution >= 0.6 is 0 Å². The summed E-state index contributed by atoms with van der Waals surface area (Å²) in [5.41, 5.74) is 2.49. The van der Waals surface area contributed by atoms with E-state index in [2.05, 4.69) is 4.98 Å². The van der Waals surface area contributed by atoms with Crippen molar-refractivity contribution in [1.82, 2.24) is 9.38 Å². The van der Waals surface area contributed by atoms with Crippen molar-refractivity contribution in [1.29, 1.82) is 0 Å². The number of aromatic nitrogens is 2. The van der Waals surface area contributed by atoms with E-state index in [1.54, 1.807) is 22.6 Å². The molecule has 0 saturated carbocycles. The fourth-order valence-corrected chi connectivity index (χ4v) is 2.49. The molecule has 2 aromatic heterocycles. The van der Waals surface area contributed by atoms with Crippen molar-refractivity contribution in [3.8, 4) is 22.8 Å². The Morgan fingerprint density at radius 1 is 1.19 bits per heavy atom. The van der Waals surface area contributed by atoms with Gasteiger partial charge in [0.05, 0.1) is 18.0 Å². The average molecular weight is 286 g/mol. The van der Waals surface area contributed by atoms with E-state index in [-0.39, 0.29) is 19.2 Å². The van der Waals surface area contributed by atoms with Crippen LogP contribution in [0.1, 0.15) is 5.69 Å². The summed E-state index contributed by atoms with van der Waals surface area (Å²) >= 11 is 0. The van der Waals surface area contributed by atoms with Crippen LogP contribution in [0.4, 0.5) is 4.39 Å². The molecule has 0 atom stereocenters. The molecule has 0 fully saturated rings. The first-order valence-corrected chi connectivity index (χ1v) is 6.43. The van der Waals surface area contributed by atoms with Gasteiger partial charge in [-0.25, -0.2) is 9.37 Å². The molecule has 0 unspecified atom stereocenters. The number of pyridine rings is 1. The molecule has 3 aromatic rings. The highest BCUT2D eigenvalue weighted by atomic mass is 19.1. The molecule has 6 heteroatoms. The zero-order valence-corrected chi connectivity index (χ0v) is 10.9. The zero-order chi connectivity index (χ0) is 14.4. The Hall–Kier alpha value is -2.60. The standard InChI is InChI=1S/C15H11FN2O3/c16-10-2-4-14-17-15(11(7-19)18(14)6-10)9-1-3-12-13(5-9)21-8-20-12/h1-6,19H,7-8H2. The third-order valence-corrected chi connectivity index (χ3v) is 3.48. The highest BCUT2D eigenvalue weighted by Gasteiger charge is 2.18. The van der Waals surface area contributed by atoms with Crippen molar-refractivity contribution >= 4 is 5.65 Å². The van der Waals surface area contributed by atoms with Crippen LogP contribution in [0.5, 0.6) is 11.5 Å². The molecule has 5 nitrogen and oxygen atoms in total. The molecule has 1 N–H and O–H groups in total. The predicted octanol–water partition coefficient (Wildman–Crippen LogP) is 2.36. The Labute approximate surface area is 119 Å². The van der Waals surface area contributed by atoms with Crippen LogP contribution in [0.3, 0.4) is 0 Å². The molecule has 0 saturated heterocycles. The van der Waals surface area contributed by atoms with Crippen molar-refractivity contribution in [3.63, 3.8) is 0 Å². The van der Waals surface area contributed by atoms with Gasteiger partial charge < -0.3 is 14.6 Å². The molecule has 0 spiro atoms. The molecule has 21 heavy (non-hydrogen) atoms. The van der Waals surface area contributed by atoms with Gasteiger partial charge >= 0.3 is 0 Å². The maximum atomic E-state index is 13.4. The summed E-state index contributed by atoms with van der Waals surface area (Å²) in [6, 6.07) is 8.35. The molecular formula is C15H11FN2O3. The summed E-state index contributed by atoms with van der Waals surface area (Å²) in [6.45, 7) is -0.0452. The van der Waals surface area contributed by atoms with Crippen molar-refractivity contribution in [3.05, 3.63) is 48.0 Å². The third kappa shape index (κ3) is 1.84. The van der Waals surface area contributed by atoms with Gasteiger partial charge in [0.15, 0.2) is 11.5 Å². The van der Waals surface area contributed by atoms with Crippen LogP contribution in [-0.2, 0) is 6.61 Å². The Balaban J connectivity index is 1.93. The van der Waals surface area contributed by atoms with Crippen LogP contribution in [0, 0.1) is 5.82 Å². The van der Waals surface area contributed by atoms with Gasteiger partial charge in [-0.3, -0.25) is 4.40 Å². The molecule has 0 aliphatic carbocycles. The van der Waals surface area contributed by atoms with Crippen LogP contribution in [0.15, 0.2) is 36.5 Å². The second-order valence-corrected chi connectivity index (χ2v) is 4.71. The molecule has 4 rings (SSSR count). The van der Waals surface area contributed by atoms with E-state index < -0.39 is 0 Å². The number of hydrogen-bond acceptors (Lipinski definition) is 4. The molecule has 106 valence electrons. The number of aliphatic hydroxyl groups is 1. The first kappa shape index (κ1) is 12.2. The lowest BCUT2D eigenvalue weighted by molar-refractivity contribution is 0.174. The number of aliphatic hydroxyl groups excluding tert-OH is 1. The summed E-state index contributed by atoms with van der Waals surface area (Å²) in [5, 5.41) is 9.61. The number of benzene rings is 1. The van der Waals surface area contributed by atoms with Gasteiger partial charge in [-0.2, -0.15) is 0 Å². The van der Waals surface area contributed by atoms with Gasteiger partial charge in [0.2, 0.25) is 6.79 Å². The lowest BCUT2D eigenvalue weighted by Crippen LogP contribution is -1.95. The van der Waals surface area contributed by atoms with Crippen LogP contribution in [0.2, 0.25) is 0 Å². The minimum Gasteiger partial charge on any atom is -0.454 e. The minimum atomic E-state index is -0.383. The Bertz CT molecular complexity index is 844. The second kappa shape index (κ2) is 4.46. The lowest BCUT2D eigenvalue weighted by atomic mass is 10.1. The molecule has 0 bridgehead atoms. The highest BCUT2D eigenvalue weighted by Crippen LogP contribution is 2.36. The normalized spacial score (nSPS) is 13.0. The van der Waals surface area contributed by atoms with Crippen LogP contribution < -0.4 is 9.47 Å². The molecular weight excluding hydrogens is 275 g/mol. The average Bonchev–Trinajstić information content (AvgIpc) is 3.09. The number of rotatable bonds is 2. The summed E-state index contributed by atoms with van der Waals surface area (Å²) in [5.74, 6) is 0.936. The van der Waals surface area contributed by atoms with Crippen LogP contribution in [0.25, 0.3) is 16.9 Å². The minimum absolute atomic E-state index is 0.196. The monoisotopic (exact) mass is 286 g/mol. The first-order valence-electron chi connectivity index (χ1n) is 6.43. The Kier molecular flexibility index (Phi) is 2.58. The summed E-state index contributed by atoms with van der Waals surface area (Å²) < 4.78 is 25.6. The van der Waals surface area contributed by atoms with Gasteiger partial charge in [-0.15, -0.1) is 0 Å². The van der Waals surface area contributed by atoms with Crippen molar-refractivity contribution < 1.29 is 19.0 Å². The predicted molar refractivity (Wildman–Crippen MR) is 72.6 cm³/mol. The molecule has 0 radical (unpaired) electrons. The fraction of sp³-hybridized carbons (Fsp3) is 0.133. The van der Waals surface area contributed by atoms with E-state index in [0.717, 1.165) is 5.56 Å². The number of imidazole rings is 1. The largest absolute Gasteiger partial charge is 0.454 e. The number of hydrogen-bond donors (Lipinski definition) is 1. The molecule has 1 aromatic carbocycles. The van der Waals surface area contributed by atoms with Gasteiger partial charge in [0.1, 0.15) is 11.5 Å². The van der Waals surface area contributed by atoms with E-state index in [9.17, 15) is 9.50 Å². The van der Waals surface area contributed by atoms with Crippen LogP contribution in [-0.4, -0.2) is 21.3 Å². The quantitative estimate of drug-likeness (QED) is 0.785. The van der Waals surface area contributed by atoms with Gasteiger partial charge in [-0.1, -0.05) is 0 Å². The number of ether oxygens (including phenoxy) is 2. The van der Waals surface area contributed by atoms with Gasteiger partial charge in [-0.05, 0) is 30.3 Å². The first-order chi connectivity index (χ1) is 10.3. The van der Waals surface area contributed by atoms with E-state index in [4.69, 9.17) is 9.47 Å². The fourth-order valence-electron chi connectivity index (χ4n) is 2.49. The SMILES string of the molecule is OCc1c(-c2ccc3c(c2)OCO3)nc2ccc(F)cn12. The highest BCUT2D eigenvalue weighted by molar-refractivity contribution is 5.69. The van der Waals surface area contributed by atoms with Gasteiger partial charge in [0.25, 0.3) is 0 Å². The molecule has 3 heterocycles. The summed E-state index contributed by atoms with van der Waals surface area (Å²) in [6.07, 6.45) is 1.31.